The standard InChI is InChI=1S/C61H38N4O/c1-3-17-39(18-4-1)41-35-36-57-53(38-41)50-30-15-27-45(58(50)66-57)42-21-13-22-43(37-42)59-62-60(51-31-16-28-46-44(26-14-29-47(46)51)40-19-5-2-6-20-40)64-61(63-59)52-25-9-12-34-56(52)65-54-32-10-7-23-48(54)49-24-8-11-33-55(49)65/h1-38H/i7D,8D,10D,23D,24D,32D,33D. The van der Waals surface area contributed by atoms with E-state index >= 15 is 0 Å². The lowest BCUT2D eigenvalue weighted by Gasteiger charge is -2.15. The molecule has 0 aliphatic rings. The van der Waals surface area contributed by atoms with Gasteiger partial charge in [0.15, 0.2) is 17.5 Å². The van der Waals surface area contributed by atoms with Crippen LogP contribution in [0.5, 0.6) is 0 Å². The number of para-hydroxylation sites is 4. The van der Waals surface area contributed by atoms with E-state index in [1.807, 2.05) is 103 Å². The van der Waals surface area contributed by atoms with Crippen molar-refractivity contribution >= 4 is 54.5 Å². The normalized spacial score (nSPS) is 13.1. The third kappa shape index (κ3) is 6.21. The van der Waals surface area contributed by atoms with Gasteiger partial charge in [0.05, 0.1) is 26.3 Å². The van der Waals surface area contributed by atoms with Crippen LogP contribution in [-0.4, -0.2) is 19.5 Å². The van der Waals surface area contributed by atoms with E-state index < -0.39 is 12.1 Å². The molecule has 0 unspecified atom stereocenters. The summed E-state index contributed by atoms with van der Waals surface area (Å²) >= 11 is 0. The van der Waals surface area contributed by atoms with Gasteiger partial charge in [0.2, 0.25) is 0 Å². The minimum atomic E-state index is -0.473. The monoisotopic (exact) mass is 849 g/mol. The second-order valence-electron chi connectivity index (χ2n) is 16.2. The summed E-state index contributed by atoms with van der Waals surface area (Å²) in [6, 6.07) is 59.6. The van der Waals surface area contributed by atoms with Gasteiger partial charge in [-0.05, 0) is 81.0 Å². The van der Waals surface area contributed by atoms with Gasteiger partial charge < -0.3 is 8.98 Å². The molecule has 0 spiro atoms. The highest BCUT2D eigenvalue weighted by Crippen LogP contribution is 2.41. The largest absolute Gasteiger partial charge is 0.455 e. The molecule has 13 rings (SSSR count). The van der Waals surface area contributed by atoms with Gasteiger partial charge in [-0.25, -0.2) is 15.0 Å². The number of benzene rings is 10. The van der Waals surface area contributed by atoms with Crippen molar-refractivity contribution in [2.24, 2.45) is 0 Å². The molecule has 3 heterocycles. The summed E-state index contributed by atoms with van der Waals surface area (Å²) in [6.45, 7) is 0. The van der Waals surface area contributed by atoms with Crippen LogP contribution in [0.1, 0.15) is 9.60 Å². The first-order valence-corrected chi connectivity index (χ1v) is 21.7. The topological polar surface area (TPSA) is 56.7 Å². The fourth-order valence-electron chi connectivity index (χ4n) is 9.35. The summed E-state index contributed by atoms with van der Waals surface area (Å²) in [6.07, 6.45) is 0. The first kappa shape index (κ1) is 31.0. The maximum atomic E-state index is 9.26. The van der Waals surface area contributed by atoms with Gasteiger partial charge >= 0.3 is 0 Å². The van der Waals surface area contributed by atoms with Crippen LogP contribution in [0.25, 0.3) is 128 Å². The first-order valence-electron chi connectivity index (χ1n) is 25.2. The van der Waals surface area contributed by atoms with Crippen molar-refractivity contribution < 1.29 is 14.0 Å². The summed E-state index contributed by atoms with van der Waals surface area (Å²) in [7, 11) is 0. The van der Waals surface area contributed by atoms with E-state index in [9.17, 15) is 2.74 Å². The fraction of sp³-hybridized carbons (Fsp3) is 0. The second kappa shape index (κ2) is 15.4. The van der Waals surface area contributed by atoms with E-state index in [0.717, 1.165) is 71.7 Å². The molecule has 0 bridgehead atoms. The zero-order valence-corrected chi connectivity index (χ0v) is 35.1. The molecule has 0 aliphatic carbocycles. The SMILES string of the molecule is [2H]c1cc([2H])c2c(c1[2H])c1c([2H])c([2H])c([2H])c([2H])c1n2-c1ccccc1-c1nc(-c2cccc(-c3cccc4c3oc3ccc(-c5ccccc5)cc34)c2)nc(-c2cccc3c(-c4ccccc4)cccc23)n1. The summed E-state index contributed by atoms with van der Waals surface area (Å²) in [5.41, 5.74) is 10.2. The Morgan fingerprint density at radius 3 is 1.77 bits per heavy atom. The molecule has 10 aromatic carbocycles. The Labute approximate surface area is 390 Å². The van der Waals surface area contributed by atoms with Crippen molar-refractivity contribution in [1.29, 1.82) is 0 Å². The number of aromatic nitrogens is 4. The van der Waals surface area contributed by atoms with Crippen LogP contribution in [0.15, 0.2) is 235 Å². The van der Waals surface area contributed by atoms with E-state index in [-0.39, 0.29) is 57.8 Å². The molecule has 0 amide bonds. The van der Waals surface area contributed by atoms with E-state index in [1.165, 1.54) is 6.07 Å². The van der Waals surface area contributed by atoms with Gasteiger partial charge in [-0.3, -0.25) is 0 Å². The molecular weight excluding hydrogens is 805 g/mol. The molecule has 66 heavy (non-hydrogen) atoms. The summed E-state index contributed by atoms with van der Waals surface area (Å²) < 4.78 is 70.8. The van der Waals surface area contributed by atoms with Gasteiger partial charge in [0.1, 0.15) is 11.2 Å². The molecule has 3 aromatic heterocycles. The van der Waals surface area contributed by atoms with E-state index in [1.54, 1.807) is 16.7 Å². The number of hydrogen-bond donors (Lipinski definition) is 0. The van der Waals surface area contributed by atoms with E-state index in [2.05, 4.69) is 66.7 Å². The predicted molar refractivity (Wildman–Crippen MR) is 272 cm³/mol. The first-order chi connectivity index (χ1) is 35.6. The zero-order valence-electron chi connectivity index (χ0n) is 42.1. The van der Waals surface area contributed by atoms with Gasteiger partial charge in [0, 0.05) is 43.8 Å². The van der Waals surface area contributed by atoms with E-state index in [4.69, 9.17) is 26.2 Å². The minimum Gasteiger partial charge on any atom is -0.455 e. The third-order valence-electron chi connectivity index (χ3n) is 12.4. The van der Waals surface area contributed by atoms with Crippen LogP contribution in [0, 0.1) is 0 Å². The van der Waals surface area contributed by atoms with Crippen molar-refractivity contribution in [2.75, 3.05) is 0 Å². The quantitative estimate of drug-likeness (QED) is 0.160. The molecule has 0 saturated heterocycles. The Morgan fingerprint density at radius 2 is 0.939 bits per heavy atom. The molecule has 5 heteroatoms. The number of furan rings is 1. The van der Waals surface area contributed by atoms with Crippen LogP contribution < -0.4 is 0 Å². The molecule has 0 saturated carbocycles. The highest BCUT2D eigenvalue weighted by Gasteiger charge is 2.21. The number of nitrogens with zero attached hydrogens (tertiary/aromatic N) is 4. The number of rotatable bonds is 7. The molecule has 0 fully saturated rings. The molecule has 0 atom stereocenters. The average Bonchev–Trinajstić information content (AvgIpc) is 4.01. The van der Waals surface area contributed by atoms with Crippen LogP contribution in [-0.2, 0) is 0 Å². The van der Waals surface area contributed by atoms with Crippen LogP contribution in [0.2, 0.25) is 0 Å². The molecule has 0 radical (unpaired) electrons. The number of fused-ring (bicyclic) bond motifs is 7. The molecule has 0 aliphatic heterocycles. The highest BCUT2D eigenvalue weighted by molar-refractivity contribution is 6.11. The van der Waals surface area contributed by atoms with Gasteiger partial charge in [-0.15, -0.1) is 0 Å². The predicted octanol–water partition coefficient (Wildman–Crippen LogP) is 16.0. The van der Waals surface area contributed by atoms with Crippen molar-refractivity contribution in [2.45, 2.75) is 0 Å². The maximum absolute atomic E-state index is 9.26. The molecule has 5 nitrogen and oxygen atoms in total. The zero-order chi connectivity index (χ0) is 49.6. The van der Waals surface area contributed by atoms with Gasteiger partial charge in [-0.1, -0.05) is 188 Å². The Hall–Kier alpha value is -8.93. The molecular formula is C61H38N4O. The van der Waals surface area contributed by atoms with Gasteiger partial charge in [-0.2, -0.15) is 0 Å². The molecule has 13 aromatic rings. The van der Waals surface area contributed by atoms with Crippen molar-refractivity contribution in [3.63, 3.8) is 0 Å². The fourth-order valence-corrected chi connectivity index (χ4v) is 9.35. The van der Waals surface area contributed by atoms with Gasteiger partial charge in [0.25, 0.3) is 0 Å². The lowest BCUT2D eigenvalue weighted by atomic mass is 9.95. The lowest BCUT2D eigenvalue weighted by Crippen LogP contribution is -2.04. The van der Waals surface area contributed by atoms with Crippen molar-refractivity contribution in [3.8, 4) is 73.2 Å². The van der Waals surface area contributed by atoms with Crippen LogP contribution in [0.4, 0.5) is 0 Å². The molecule has 308 valence electrons. The second-order valence-corrected chi connectivity index (χ2v) is 16.2. The summed E-state index contributed by atoms with van der Waals surface area (Å²) in [4.78, 5) is 15.8. The Morgan fingerprint density at radius 1 is 0.348 bits per heavy atom. The highest BCUT2D eigenvalue weighted by atomic mass is 16.3. The summed E-state index contributed by atoms with van der Waals surface area (Å²) in [5.74, 6) is 1.02. The van der Waals surface area contributed by atoms with Crippen molar-refractivity contribution in [1.82, 2.24) is 19.5 Å². The Balaban J connectivity index is 1.05. The van der Waals surface area contributed by atoms with Crippen molar-refractivity contribution in [3.05, 3.63) is 230 Å². The third-order valence-corrected chi connectivity index (χ3v) is 12.4. The van der Waals surface area contributed by atoms with Crippen LogP contribution >= 0.6 is 0 Å². The Kier molecular flexibility index (Phi) is 7.24. The van der Waals surface area contributed by atoms with E-state index in [0.29, 0.717) is 28.5 Å². The number of hydrogen-bond acceptors (Lipinski definition) is 4. The maximum Gasteiger partial charge on any atom is 0.166 e. The Bertz CT molecular complexity index is 4420. The van der Waals surface area contributed by atoms with Crippen LogP contribution in [0.3, 0.4) is 0 Å². The lowest BCUT2D eigenvalue weighted by molar-refractivity contribution is 0.670. The minimum absolute atomic E-state index is 0.0540. The average molecular weight is 850 g/mol. The summed E-state index contributed by atoms with van der Waals surface area (Å²) in [5, 5.41) is 4.08. The smallest absolute Gasteiger partial charge is 0.166 e. The molecule has 0 N–H and O–H groups in total.